The van der Waals surface area contributed by atoms with Crippen molar-refractivity contribution in [2.45, 2.75) is 17.7 Å². The highest BCUT2D eigenvalue weighted by molar-refractivity contribution is 9.11. The van der Waals surface area contributed by atoms with Crippen LogP contribution >= 0.6 is 31.9 Å². The molecule has 2 rings (SSSR count). The number of methoxy groups -OCH3 is 1. The van der Waals surface area contributed by atoms with Gasteiger partial charge in [-0.2, -0.15) is 0 Å². The van der Waals surface area contributed by atoms with Crippen LogP contribution in [0.4, 0.5) is 0 Å². The van der Waals surface area contributed by atoms with Gasteiger partial charge in [-0.1, -0.05) is 75.2 Å². The third kappa shape index (κ3) is 3.40. The number of hydrogen-bond donors (Lipinski definition) is 0. The highest BCUT2D eigenvalue weighted by atomic mass is 79.9. The van der Waals surface area contributed by atoms with Gasteiger partial charge in [0.2, 0.25) is 0 Å². The van der Waals surface area contributed by atoms with Crippen molar-refractivity contribution in [1.29, 1.82) is 0 Å². The number of hydrogen-bond acceptors (Lipinski definition) is 1. The average molecular weight is 384 g/mol. The van der Waals surface area contributed by atoms with E-state index in [1.54, 1.807) is 7.11 Å². The zero-order chi connectivity index (χ0) is 13.8. The van der Waals surface area contributed by atoms with Gasteiger partial charge < -0.3 is 4.74 Å². The Morgan fingerprint density at radius 2 is 1.74 bits per heavy atom. The Bertz CT molecular complexity index is 540. The zero-order valence-electron chi connectivity index (χ0n) is 10.9. The molecule has 0 spiro atoms. The molecule has 0 radical (unpaired) electrons. The van der Waals surface area contributed by atoms with Crippen LogP contribution in [-0.4, -0.2) is 7.11 Å². The number of rotatable bonds is 4. The molecule has 2 atom stereocenters. The predicted octanol–water partition coefficient (Wildman–Crippen LogP) is 5.70. The van der Waals surface area contributed by atoms with E-state index in [0.717, 1.165) is 10.2 Å². The SMILES string of the molecule is COc1ccc(C(Br)C(C)c2ccccc2)c(Br)c1. The first-order chi connectivity index (χ1) is 9.13. The maximum Gasteiger partial charge on any atom is 0.120 e. The van der Waals surface area contributed by atoms with Crippen LogP contribution in [0, 0.1) is 0 Å². The van der Waals surface area contributed by atoms with Crippen LogP contribution in [0.15, 0.2) is 53.0 Å². The molecule has 0 heterocycles. The summed E-state index contributed by atoms with van der Waals surface area (Å²) in [6, 6.07) is 16.6. The number of benzene rings is 2. The summed E-state index contributed by atoms with van der Waals surface area (Å²) in [6.07, 6.45) is 0. The van der Waals surface area contributed by atoms with Crippen molar-refractivity contribution in [3.8, 4) is 5.75 Å². The summed E-state index contributed by atoms with van der Waals surface area (Å²) in [4.78, 5) is 0.259. The lowest BCUT2D eigenvalue weighted by Gasteiger charge is -2.20. The van der Waals surface area contributed by atoms with Gasteiger partial charge in [-0.25, -0.2) is 0 Å². The van der Waals surface area contributed by atoms with Crippen LogP contribution in [0.3, 0.4) is 0 Å². The maximum absolute atomic E-state index is 5.23. The van der Waals surface area contributed by atoms with Crippen LogP contribution in [0.1, 0.15) is 28.8 Å². The van der Waals surface area contributed by atoms with Crippen molar-refractivity contribution in [3.05, 3.63) is 64.1 Å². The molecular weight excluding hydrogens is 368 g/mol. The van der Waals surface area contributed by atoms with Crippen molar-refractivity contribution < 1.29 is 4.74 Å². The summed E-state index contributed by atoms with van der Waals surface area (Å²) in [7, 11) is 1.68. The van der Waals surface area contributed by atoms with Crippen molar-refractivity contribution in [1.82, 2.24) is 0 Å². The summed E-state index contributed by atoms with van der Waals surface area (Å²) < 4.78 is 6.30. The molecule has 2 unspecified atom stereocenters. The molecule has 1 nitrogen and oxygen atoms in total. The van der Waals surface area contributed by atoms with E-state index in [1.165, 1.54) is 11.1 Å². The molecule has 0 fully saturated rings. The molecule has 19 heavy (non-hydrogen) atoms. The molecule has 0 aliphatic rings. The third-order valence-corrected chi connectivity index (χ3v) is 5.24. The smallest absolute Gasteiger partial charge is 0.120 e. The zero-order valence-corrected chi connectivity index (χ0v) is 14.1. The molecular formula is C16H16Br2O. The summed E-state index contributed by atoms with van der Waals surface area (Å²) in [5.74, 6) is 1.26. The Labute approximate surface area is 131 Å². The average Bonchev–Trinajstić information content (AvgIpc) is 2.46. The number of alkyl halides is 1. The molecule has 100 valence electrons. The first-order valence-corrected chi connectivity index (χ1v) is 7.86. The predicted molar refractivity (Wildman–Crippen MR) is 87.2 cm³/mol. The van der Waals surface area contributed by atoms with Crippen LogP contribution in [0.5, 0.6) is 5.75 Å². The monoisotopic (exact) mass is 382 g/mol. The van der Waals surface area contributed by atoms with Crippen LogP contribution in [-0.2, 0) is 0 Å². The summed E-state index contributed by atoms with van der Waals surface area (Å²) in [5, 5.41) is 0. The number of halogens is 2. The summed E-state index contributed by atoms with van der Waals surface area (Å²) >= 11 is 7.43. The van der Waals surface area contributed by atoms with Gasteiger partial charge in [-0.15, -0.1) is 0 Å². The van der Waals surface area contributed by atoms with E-state index in [0.29, 0.717) is 5.92 Å². The van der Waals surface area contributed by atoms with Crippen molar-refractivity contribution >= 4 is 31.9 Å². The second-order valence-corrected chi connectivity index (χ2v) is 6.33. The van der Waals surface area contributed by atoms with Crippen molar-refractivity contribution in [2.24, 2.45) is 0 Å². The second-order valence-electron chi connectivity index (χ2n) is 4.49. The molecule has 0 aliphatic carbocycles. The molecule has 0 N–H and O–H groups in total. The molecule has 0 aliphatic heterocycles. The summed E-state index contributed by atoms with van der Waals surface area (Å²) in [5.41, 5.74) is 2.56. The van der Waals surface area contributed by atoms with Gasteiger partial charge in [0.15, 0.2) is 0 Å². The standard InChI is InChI=1S/C16H16Br2O/c1-11(12-6-4-3-5-7-12)16(18)14-9-8-13(19-2)10-15(14)17/h3-11,16H,1-2H3. The fraction of sp³-hybridized carbons (Fsp3) is 0.250. The van der Waals surface area contributed by atoms with Gasteiger partial charge in [0.05, 0.1) is 7.11 Å². The second kappa shape index (κ2) is 6.58. The molecule has 0 aromatic heterocycles. The quantitative estimate of drug-likeness (QED) is 0.615. The lowest BCUT2D eigenvalue weighted by Crippen LogP contribution is -2.03. The Balaban J connectivity index is 2.26. The topological polar surface area (TPSA) is 9.23 Å². The highest BCUT2D eigenvalue weighted by Crippen LogP contribution is 2.41. The minimum atomic E-state index is 0.259. The van der Waals surface area contributed by atoms with E-state index in [-0.39, 0.29) is 4.83 Å². The third-order valence-electron chi connectivity index (χ3n) is 3.27. The van der Waals surface area contributed by atoms with Gasteiger partial charge in [0, 0.05) is 9.30 Å². The van der Waals surface area contributed by atoms with E-state index in [1.807, 2.05) is 18.2 Å². The van der Waals surface area contributed by atoms with E-state index in [2.05, 4.69) is 69.1 Å². The Kier molecular flexibility index (Phi) is 5.06. The van der Waals surface area contributed by atoms with Gasteiger partial charge in [-0.3, -0.25) is 0 Å². The van der Waals surface area contributed by atoms with Gasteiger partial charge in [-0.05, 0) is 29.2 Å². The highest BCUT2D eigenvalue weighted by Gasteiger charge is 2.20. The molecule has 2 aromatic rings. The normalized spacial score (nSPS) is 13.9. The minimum absolute atomic E-state index is 0.259. The van der Waals surface area contributed by atoms with E-state index < -0.39 is 0 Å². The van der Waals surface area contributed by atoms with Crippen molar-refractivity contribution in [3.63, 3.8) is 0 Å². The fourth-order valence-electron chi connectivity index (χ4n) is 2.05. The molecule has 2 aromatic carbocycles. The first kappa shape index (κ1) is 14.6. The molecule has 0 saturated heterocycles. The number of ether oxygens (including phenoxy) is 1. The van der Waals surface area contributed by atoms with Crippen LogP contribution in [0.2, 0.25) is 0 Å². The molecule has 0 saturated carbocycles. The van der Waals surface area contributed by atoms with E-state index in [4.69, 9.17) is 4.74 Å². The van der Waals surface area contributed by atoms with E-state index >= 15 is 0 Å². The first-order valence-electron chi connectivity index (χ1n) is 6.16. The van der Waals surface area contributed by atoms with Crippen LogP contribution < -0.4 is 4.74 Å². The van der Waals surface area contributed by atoms with Gasteiger partial charge >= 0.3 is 0 Å². The van der Waals surface area contributed by atoms with E-state index in [9.17, 15) is 0 Å². The molecule has 3 heteroatoms. The lowest BCUT2D eigenvalue weighted by atomic mass is 9.93. The van der Waals surface area contributed by atoms with Gasteiger partial charge in [0.1, 0.15) is 5.75 Å². The molecule has 0 bridgehead atoms. The maximum atomic E-state index is 5.23. The lowest BCUT2D eigenvalue weighted by molar-refractivity contribution is 0.414. The van der Waals surface area contributed by atoms with Crippen molar-refractivity contribution in [2.75, 3.05) is 7.11 Å². The summed E-state index contributed by atoms with van der Waals surface area (Å²) in [6.45, 7) is 2.23. The molecule has 0 amide bonds. The van der Waals surface area contributed by atoms with Gasteiger partial charge in [0.25, 0.3) is 0 Å². The van der Waals surface area contributed by atoms with Crippen LogP contribution in [0.25, 0.3) is 0 Å². The Morgan fingerprint density at radius 1 is 1.05 bits per heavy atom. The minimum Gasteiger partial charge on any atom is -0.497 e. The largest absolute Gasteiger partial charge is 0.497 e. The fourth-order valence-corrected chi connectivity index (χ4v) is 3.67. The Morgan fingerprint density at radius 3 is 2.32 bits per heavy atom. The Hall–Kier alpha value is -0.800.